The van der Waals surface area contributed by atoms with E-state index in [9.17, 15) is 13.2 Å². The zero-order valence-electron chi connectivity index (χ0n) is 17.0. The first-order valence-electron chi connectivity index (χ1n) is 9.35. The van der Waals surface area contributed by atoms with Crippen LogP contribution in [0.5, 0.6) is 0 Å². The molecule has 0 aliphatic carbocycles. The zero-order valence-corrected chi connectivity index (χ0v) is 18.6. The Kier molecular flexibility index (Phi) is 7.04. The average molecular weight is 457 g/mol. The largest absolute Gasteiger partial charge is 0.271 e. The molecule has 1 heterocycles. The maximum atomic E-state index is 13.4. The Labute approximate surface area is 186 Å². The molecule has 9 heteroatoms. The summed E-state index contributed by atoms with van der Waals surface area (Å²) < 4.78 is 27.8. The van der Waals surface area contributed by atoms with Gasteiger partial charge in [-0.3, -0.25) is 14.1 Å². The van der Waals surface area contributed by atoms with Crippen molar-refractivity contribution in [2.24, 2.45) is 5.10 Å². The van der Waals surface area contributed by atoms with Crippen LogP contribution in [0.3, 0.4) is 0 Å². The smallest absolute Gasteiger partial charge is 0.264 e. The Morgan fingerprint density at radius 2 is 1.90 bits per heavy atom. The predicted octanol–water partition coefficient (Wildman–Crippen LogP) is 3.70. The third kappa shape index (κ3) is 5.68. The predicted molar refractivity (Wildman–Crippen MR) is 122 cm³/mol. The number of anilines is 1. The number of benzene rings is 2. The molecule has 3 rings (SSSR count). The van der Waals surface area contributed by atoms with E-state index in [1.807, 2.05) is 6.92 Å². The third-order valence-electron chi connectivity index (χ3n) is 4.41. The molecule has 0 unspecified atom stereocenters. The summed E-state index contributed by atoms with van der Waals surface area (Å²) in [5.74, 6) is -0.592. The average Bonchev–Trinajstić information content (AvgIpc) is 2.73. The molecule has 160 valence electrons. The van der Waals surface area contributed by atoms with Crippen LogP contribution >= 0.6 is 11.6 Å². The number of sulfonamides is 1. The number of nitrogens with zero attached hydrogens (tertiary/aromatic N) is 3. The third-order valence-corrected chi connectivity index (χ3v) is 6.42. The summed E-state index contributed by atoms with van der Waals surface area (Å²) in [6, 6.07) is 14.8. The standard InChI is InChI=1S/C22H21ClN4O3S/c1-16-5-8-20(9-6-16)31(29,30)27(21-10-7-19(23)12-17(21)2)15-22(28)26-25-14-18-4-3-11-24-13-18/h3-14H,15H2,1-2H3,(H,26,28)/b25-14-. The summed E-state index contributed by atoms with van der Waals surface area (Å²) in [6.07, 6.45) is 4.64. The first kappa shape index (κ1) is 22.5. The van der Waals surface area contributed by atoms with Gasteiger partial charge in [0.25, 0.3) is 15.9 Å². The lowest BCUT2D eigenvalue weighted by Crippen LogP contribution is -2.40. The van der Waals surface area contributed by atoms with E-state index < -0.39 is 22.5 Å². The van der Waals surface area contributed by atoms with Gasteiger partial charge in [-0.1, -0.05) is 35.4 Å². The monoisotopic (exact) mass is 456 g/mol. The minimum absolute atomic E-state index is 0.0825. The highest BCUT2D eigenvalue weighted by Gasteiger charge is 2.28. The molecule has 31 heavy (non-hydrogen) atoms. The normalized spacial score (nSPS) is 11.5. The minimum Gasteiger partial charge on any atom is -0.271 e. The molecule has 0 aliphatic heterocycles. The molecule has 0 atom stereocenters. The lowest BCUT2D eigenvalue weighted by atomic mass is 10.2. The lowest BCUT2D eigenvalue weighted by molar-refractivity contribution is -0.119. The topological polar surface area (TPSA) is 91.7 Å². The van der Waals surface area contributed by atoms with Gasteiger partial charge in [0.15, 0.2) is 0 Å². The minimum atomic E-state index is -4.01. The number of hydrogen-bond donors (Lipinski definition) is 1. The maximum absolute atomic E-state index is 13.4. The van der Waals surface area contributed by atoms with Crippen molar-refractivity contribution in [3.05, 3.63) is 88.7 Å². The summed E-state index contributed by atoms with van der Waals surface area (Å²) in [6.45, 7) is 3.14. The number of hydrazone groups is 1. The van der Waals surface area contributed by atoms with Gasteiger partial charge in [-0.25, -0.2) is 13.8 Å². The maximum Gasteiger partial charge on any atom is 0.264 e. The number of halogens is 1. The number of aryl methyl sites for hydroxylation is 2. The number of aromatic nitrogens is 1. The van der Waals surface area contributed by atoms with Crippen LogP contribution in [0.4, 0.5) is 5.69 Å². The van der Waals surface area contributed by atoms with Crippen molar-refractivity contribution in [3.63, 3.8) is 0 Å². The number of pyridine rings is 1. The first-order valence-corrected chi connectivity index (χ1v) is 11.2. The summed E-state index contributed by atoms with van der Waals surface area (Å²) in [7, 11) is -4.01. The molecule has 0 bridgehead atoms. The second-order valence-electron chi connectivity index (χ2n) is 6.84. The molecule has 3 aromatic rings. The van der Waals surface area contributed by atoms with Gasteiger partial charge >= 0.3 is 0 Å². The number of rotatable bonds is 7. The van der Waals surface area contributed by atoms with Crippen molar-refractivity contribution >= 4 is 39.4 Å². The summed E-state index contributed by atoms with van der Waals surface area (Å²) >= 11 is 6.03. The van der Waals surface area contributed by atoms with Crippen molar-refractivity contribution in [3.8, 4) is 0 Å². The number of amides is 1. The number of nitrogens with one attached hydrogen (secondary N) is 1. The Hall–Kier alpha value is -3.23. The van der Waals surface area contributed by atoms with E-state index >= 15 is 0 Å². The molecule has 1 amide bonds. The molecule has 2 aromatic carbocycles. The van der Waals surface area contributed by atoms with Crippen LogP contribution in [0.2, 0.25) is 5.02 Å². The van der Waals surface area contributed by atoms with Crippen LogP contribution in [-0.4, -0.2) is 32.1 Å². The Bertz CT molecular complexity index is 1200. The second-order valence-corrected chi connectivity index (χ2v) is 9.13. The van der Waals surface area contributed by atoms with E-state index in [0.717, 1.165) is 9.87 Å². The van der Waals surface area contributed by atoms with Crippen molar-refractivity contribution < 1.29 is 13.2 Å². The molecule has 7 nitrogen and oxygen atoms in total. The fourth-order valence-corrected chi connectivity index (χ4v) is 4.54. The van der Waals surface area contributed by atoms with Gasteiger partial charge in [0.1, 0.15) is 6.54 Å². The molecule has 0 saturated heterocycles. The molecule has 1 aromatic heterocycles. The highest BCUT2D eigenvalue weighted by molar-refractivity contribution is 7.92. The second kappa shape index (κ2) is 9.72. The van der Waals surface area contributed by atoms with Gasteiger partial charge in [0.2, 0.25) is 0 Å². The molecule has 0 radical (unpaired) electrons. The van der Waals surface area contributed by atoms with Crippen LogP contribution in [0, 0.1) is 13.8 Å². The van der Waals surface area contributed by atoms with Crippen molar-refractivity contribution in [2.45, 2.75) is 18.7 Å². The molecule has 1 N–H and O–H groups in total. The molecular weight excluding hydrogens is 436 g/mol. The van der Waals surface area contributed by atoms with Crippen molar-refractivity contribution in [2.75, 3.05) is 10.8 Å². The SMILES string of the molecule is Cc1ccc(S(=O)(=O)N(CC(=O)N/N=C\c2cccnc2)c2ccc(Cl)cc2C)cc1. The molecule has 0 aliphatic rings. The fraction of sp³-hybridized carbons (Fsp3) is 0.136. The van der Waals surface area contributed by atoms with Crippen LogP contribution in [0.25, 0.3) is 0 Å². The van der Waals surface area contributed by atoms with Gasteiger partial charge in [-0.2, -0.15) is 5.10 Å². The van der Waals surface area contributed by atoms with Crippen molar-refractivity contribution in [1.82, 2.24) is 10.4 Å². The molecule has 0 fully saturated rings. The van der Waals surface area contributed by atoms with Gasteiger partial charge < -0.3 is 0 Å². The molecular formula is C22H21ClN4O3S. The van der Waals surface area contributed by atoms with Gasteiger partial charge in [0, 0.05) is 23.0 Å². The zero-order chi connectivity index (χ0) is 22.4. The Balaban J connectivity index is 1.89. The van der Waals surface area contributed by atoms with Gasteiger partial charge in [-0.15, -0.1) is 0 Å². The van der Waals surface area contributed by atoms with E-state index in [1.165, 1.54) is 18.3 Å². The van der Waals surface area contributed by atoms with Crippen LogP contribution < -0.4 is 9.73 Å². The summed E-state index contributed by atoms with van der Waals surface area (Å²) in [5, 5.41) is 4.36. The number of carbonyl (C=O) groups excluding carboxylic acids is 1. The number of carbonyl (C=O) groups is 1. The molecule has 0 saturated carbocycles. The van der Waals surface area contributed by atoms with Crippen LogP contribution in [-0.2, 0) is 14.8 Å². The number of hydrogen-bond acceptors (Lipinski definition) is 5. The Morgan fingerprint density at radius 3 is 2.55 bits per heavy atom. The lowest BCUT2D eigenvalue weighted by Gasteiger charge is -2.25. The van der Waals surface area contributed by atoms with E-state index in [-0.39, 0.29) is 4.90 Å². The first-order chi connectivity index (χ1) is 14.8. The van der Waals surface area contributed by atoms with E-state index in [1.54, 1.807) is 61.8 Å². The van der Waals surface area contributed by atoms with Gasteiger partial charge in [0.05, 0.1) is 16.8 Å². The summed E-state index contributed by atoms with van der Waals surface area (Å²) in [5.41, 5.74) is 4.96. The quantitative estimate of drug-likeness (QED) is 0.433. The summed E-state index contributed by atoms with van der Waals surface area (Å²) in [4.78, 5) is 16.6. The highest BCUT2D eigenvalue weighted by atomic mass is 35.5. The van der Waals surface area contributed by atoms with Crippen molar-refractivity contribution in [1.29, 1.82) is 0 Å². The Morgan fingerprint density at radius 1 is 1.16 bits per heavy atom. The van der Waals surface area contributed by atoms with E-state index in [0.29, 0.717) is 21.8 Å². The highest BCUT2D eigenvalue weighted by Crippen LogP contribution is 2.28. The van der Waals surface area contributed by atoms with Crippen LogP contribution in [0.1, 0.15) is 16.7 Å². The van der Waals surface area contributed by atoms with E-state index in [4.69, 9.17) is 11.6 Å². The fourth-order valence-electron chi connectivity index (χ4n) is 2.83. The molecule has 0 spiro atoms. The van der Waals surface area contributed by atoms with Gasteiger partial charge in [-0.05, 0) is 55.8 Å². The van der Waals surface area contributed by atoms with E-state index in [2.05, 4.69) is 15.5 Å². The van der Waals surface area contributed by atoms with Crippen LogP contribution in [0.15, 0.2) is 77.0 Å².